The van der Waals surface area contributed by atoms with Crippen LogP contribution in [0.1, 0.15) is 25.9 Å². The third-order valence-corrected chi connectivity index (χ3v) is 5.17. The fourth-order valence-corrected chi connectivity index (χ4v) is 3.49. The molecule has 0 spiro atoms. The second kappa shape index (κ2) is 8.52. The van der Waals surface area contributed by atoms with Gasteiger partial charge in [0.05, 0.1) is 19.8 Å². The molecule has 3 heterocycles. The van der Waals surface area contributed by atoms with Crippen LogP contribution < -0.4 is 10.9 Å². The molecule has 1 amide bonds. The number of rotatable bonds is 6. The molecule has 1 N–H and O–H groups in total. The lowest BCUT2D eigenvalue weighted by Gasteiger charge is -2.26. The summed E-state index contributed by atoms with van der Waals surface area (Å²) < 4.78 is 6.94. The van der Waals surface area contributed by atoms with E-state index in [9.17, 15) is 9.59 Å². The van der Waals surface area contributed by atoms with E-state index in [-0.39, 0.29) is 23.6 Å². The third kappa shape index (κ3) is 4.54. The number of amides is 1. The Morgan fingerprint density at radius 3 is 2.73 bits per heavy atom. The Bertz CT molecular complexity index is 826. The zero-order valence-electron chi connectivity index (χ0n) is 15.0. The number of hydrogen-bond donors (Lipinski definition) is 1. The van der Waals surface area contributed by atoms with Crippen molar-refractivity contribution in [3.8, 4) is 0 Å². The zero-order chi connectivity index (χ0) is 18.5. The number of nitrogens with zero attached hydrogens (tertiary/aromatic N) is 4. The van der Waals surface area contributed by atoms with Crippen molar-refractivity contribution in [3.63, 3.8) is 0 Å². The molecule has 1 aliphatic heterocycles. The predicted octanol–water partition coefficient (Wildman–Crippen LogP) is 0.579. The van der Waals surface area contributed by atoms with Gasteiger partial charge in [0.15, 0.2) is 0 Å². The SMILES string of the molecule is Cc1nnc(CNC(=O)c2c(C)ccn(CCN3CCOCC3)c2=O)s1. The van der Waals surface area contributed by atoms with Crippen LogP contribution in [0.2, 0.25) is 0 Å². The number of hydrogen-bond acceptors (Lipinski definition) is 7. The summed E-state index contributed by atoms with van der Waals surface area (Å²) in [5.74, 6) is -0.374. The van der Waals surface area contributed by atoms with Crippen LogP contribution in [0.4, 0.5) is 0 Å². The molecule has 3 rings (SSSR count). The molecule has 9 heteroatoms. The molecule has 0 radical (unpaired) electrons. The highest BCUT2D eigenvalue weighted by atomic mass is 32.1. The van der Waals surface area contributed by atoms with Gasteiger partial charge < -0.3 is 14.6 Å². The summed E-state index contributed by atoms with van der Waals surface area (Å²) in [6.45, 7) is 8.40. The van der Waals surface area contributed by atoms with Crippen LogP contribution in [0.3, 0.4) is 0 Å². The summed E-state index contributed by atoms with van der Waals surface area (Å²) in [6.07, 6.45) is 1.75. The van der Waals surface area contributed by atoms with Crippen LogP contribution in [-0.4, -0.2) is 58.4 Å². The molecule has 0 atom stereocenters. The number of pyridine rings is 1. The van der Waals surface area contributed by atoms with Gasteiger partial charge in [0.25, 0.3) is 11.5 Å². The first-order valence-electron chi connectivity index (χ1n) is 8.62. The summed E-state index contributed by atoms with van der Waals surface area (Å²) in [5.41, 5.74) is 0.600. The first-order valence-corrected chi connectivity index (χ1v) is 9.43. The number of carbonyl (C=O) groups excluding carboxylic acids is 1. The molecule has 1 aliphatic rings. The smallest absolute Gasteiger partial charge is 0.263 e. The monoisotopic (exact) mass is 377 g/mol. The van der Waals surface area contributed by atoms with E-state index >= 15 is 0 Å². The Labute approximate surface area is 155 Å². The Kier molecular flexibility index (Phi) is 6.12. The fourth-order valence-electron chi connectivity index (χ4n) is 2.84. The molecular formula is C17H23N5O3S. The van der Waals surface area contributed by atoms with E-state index in [1.54, 1.807) is 17.7 Å². The van der Waals surface area contributed by atoms with Gasteiger partial charge in [-0.2, -0.15) is 0 Å². The van der Waals surface area contributed by atoms with Crippen LogP contribution in [0.5, 0.6) is 0 Å². The van der Waals surface area contributed by atoms with Crippen molar-refractivity contribution < 1.29 is 9.53 Å². The summed E-state index contributed by atoms with van der Waals surface area (Å²) >= 11 is 1.42. The van der Waals surface area contributed by atoms with Crippen molar-refractivity contribution in [2.75, 3.05) is 32.8 Å². The molecule has 140 valence electrons. The van der Waals surface area contributed by atoms with Crippen LogP contribution in [0, 0.1) is 13.8 Å². The summed E-state index contributed by atoms with van der Waals surface area (Å²) in [7, 11) is 0. The Balaban J connectivity index is 1.67. The van der Waals surface area contributed by atoms with E-state index in [1.165, 1.54) is 11.3 Å². The lowest BCUT2D eigenvalue weighted by Crippen LogP contribution is -2.40. The van der Waals surface area contributed by atoms with Gasteiger partial charge in [0.1, 0.15) is 15.6 Å². The molecule has 2 aromatic rings. The van der Waals surface area contributed by atoms with Crippen LogP contribution in [0.25, 0.3) is 0 Å². The number of aryl methyl sites for hydroxylation is 2. The third-order valence-electron chi connectivity index (χ3n) is 4.33. The van der Waals surface area contributed by atoms with E-state index < -0.39 is 0 Å². The maximum atomic E-state index is 12.8. The highest BCUT2D eigenvalue weighted by Gasteiger charge is 2.17. The van der Waals surface area contributed by atoms with Gasteiger partial charge in [-0.05, 0) is 25.5 Å². The number of nitrogens with one attached hydrogen (secondary N) is 1. The van der Waals surface area contributed by atoms with Crippen molar-refractivity contribution in [1.82, 2.24) is 25.0 Å². The molecule has 0 aliphatic carbocycles. The molecule has 2 aromatic heterocycles. The highest BCUT2D eigenvalue weighted by molar-refractivity contribution is 7.11. The average Bonchev–Trinajstić information content (AvgIpc) is 3.05. The largest absolute Gasteiger partial charge is 0.379 e. The van der Waals surface area contributed by atoms with Gasteiger partial charge >= 0.3 is 0 Å². The summed E-state index contributed by atoms with van der Waals surface area (Å²) in [5, 5.41) is 12.2. The van der Waals surface area contributed by atoms with Crippen LogP contribution >= 0.6 is 11.3 Å². The topological polar surface area (TPSA) is 89.3 Å². The van der Waals surface area contributed by atoms with Gasteiger partial charge in [0, 0.05) is 32.4 Å². The zero-order valence-corrected chi connectivity index (χ0v) is 15.8. The average molecular weight is 377 g/mol. The van der Waals surface area contributed by atoms with E-state index in [4.69, 9.17) is 4.74 Å². The molecule has 8 nitrogen and oxygen atoms in total. The van der Waals surface area contributed by atoms with Crippen molar-refractivity contribution >= 4 is 17.2 Å². The second-order valence-electron chi connectivity index (χ2n) is 6.22. The van der Waals surface area contributed by atoms with E-state index in [0.717, 1.165) is 42.9 Å². The minimum absolute atomic E-state index is 0.190. The number of ether oxygens (including phenoxy) is 1. The maximum Gasteiger partial charge on any atom is 0.263 e. The van der Waals surface area contributed by atoms with Gasteiger partial charge in [-0.25, -0.2) is 0 Å². The van der Waals surface area contributed by atoms with E-state index in [0.29, 0.717) is 12.1 Å². The Hall–Kier alpha value is -2.10. The lowest BCUT2D eigenvalue weighted by atomic mass is 10.1. The molecular weight excluding hydrogens is 354 g/mol. The lowest BCUT2D eigenvalue weighted by molar-refractivity contribution is 0.0362. The number of morpholine rings is 1. The van der Waals surface area contributed by atoms with Gasteiger partial charge in [0.2, 0.25) is 0 Å². The molecule has 1 fully saturated rings. The number of aromatic nitrogens is 3. The van der Waals surface area contributed by atoms with Crippen LogP contribution in [0.15, 0.2) is 17.1 Å². The first-order chi connectivity index (χ1) is 12.5. The van der Waals surface area contributed by atoms with Crippen LogP contribution in [-0.2, 0) is 17.8 Å². The van der Waals surface area contributed by atoms with E-state index in [1.807, 2.05) is 13.0 Å². The number of carbonyl (C=O) groups is 1. The van der Waals surface area contributed by atoms with E-state index in [2.05, 4.69) is 20.4 Å². The maximum absolute atomic E-state index is 12.8. The van der Waals surface area contributed by atoms with Gasteiger partial charge in [-0.15, -0.1) is 10.2 Å². The minimum Gasteiger partial charge on any atom is -0.379 e. The molecule has 1 saturated heterocycles. The van der Waals surface area contributed by atoms with Gasteiger partial charge in [-0.3, -0.25) is 14.5 Å². The molecule has 0 unspecified atom stereocenters. The van der Waals surface area contributed by atoms with Crippen molar-refractivity contribution in [3.05, 3.63) is 43.8 Å². The Morgan fingerprint density at radius 2 is 2.04 bits per heavy atom. The van der Waals surface area contributed by atoms with Gasteiger partial charge in [-0.1, -0.05) is 11.3 Å². The molecule has 0 bridgehead atoms. The molecule has 0 aromatic carbocycles. The standard InChI is InChI=1S/C17H23N5O3S/c1-12-3-4-22(6-5-21-7-9-25-10-8-21)17(24)15(12)16(23)18-11-14-20-19-13(2)26-14/h3-4H,5-11H2,1-2H3,(H,18,23). The quantitative estimate of drug-likeness (QED) is 0.792. The fraction of sp³-hybridized carbons (Fsp3) is 0.529. The van der Waals surface area contributed by atoms with Crippen molar-refractivity contribution in [2.45, 2.75) is 26.9 Å². The minimum atomic E-state index is -0.374. The van der Waals surface area contributed by atoms with Crippen molar-refractivity contribution in [1.29, 1.82) is 0 Å². The molecule has 26 heavy (non-hydrogen) atoms. The first kappa shape index (κ1) is 18.7. The second-order valence-corrected chi connectivity index (χ2v) is 7.49. The summed E-state index contributed by atoms with van der Waals surface area (Å²) in [6, 6.07) is 1.81. The Morgan fingerprint density at radius 1 is 1.27 bits per heavy atom. The van der Waals surface area contributed by atoms with Crippen molar-refractivity contribution in [2.24, 2.45) is 0 Å². The highest BCUT2D eigenvalue weighted by Crippen LogP contribution is 2.08. The predicted molar refractivity (Wildman–Crippen MR) is 98.5 cm³/mol. The summed E-state index contributed by atoms with van der Waals surface area (Å²) in [4.78, 5) is 27.5. The normalized spacial score (nSPS) is 15.2. The molecule has 0 saturated carbocycles.